The largest absolute Gasteiger partial charge is 0.490 e. The lowest BCUT2D eigenvalue weighted by Gasteiger charge is -2.49. The maximum absolute atomic E-state index is 9.07. The second-order valence-corrected chi connectivity index (χ2v) is 10.4. The average molecular weight is 440 g/mol. The molecule has 2 aliphatic carbocycles. The van der Waals surface area contributed by atoms with Crippen molar-refractivity contribution in [3.63, 3.8) is 0 Å². The van der Waals surface area contributed by atoms with Crippen molar-refractivity contribution in [3.05, 3.63) is 22.7 Å². The van der Waals surface area contributed by atoms with Crippen molar-refractivity contribution in [1.82, 2.24) is 9.88 Å². The van der Waals surface area contributed by atoms with Crippen LogP contribution in [0.1, 0.15) is 74.6 Å². The van der Waals surface area contributed by atoms with E-state index in [9.17, 15) is 0 Å². The number of hydrogen-bond acceptors (Lipinski definition) is 6. The third-order valence-electron chi connectivity index (χ3n) is 7.90. The van der Waals surface area contributed by atoms with Gasteiger partial charge in [-0.25, -0.2) is 4.98 Å². The number of aromatic nitrogens is 1. The first-order chi connectivity index (χ1) is 15.2. The van der Waals surface area contributed by atoms with Crippen LogP contribution in [0, 0.1) is 11.3 Å². The van der Waals surface area contributed by atoms with E-state index in [0.29, 0.717) is 17.9 Å². The minimum absolute atomic E-state index is 0.279. The third-order valence-corrected chi connectivity index (χ3v) is 9.07. The summed E-state index contributed by atoms with van der Waals surface area (Å²) in [6.45, 7) is 6.21. The van der Waals surface area contributed by atoms with Crippen molar-refractivity contribution in [1.29, 1.82) is 5.26 Å². The molecule has 31 heavy (non-hydrogen) atoms. The molecule has 1 aliphatic heterocycles. The van der Waals surface area contributed by atoms with Gasteiger partial charge in [0, 0.05) is 36.1 Å². The van der Waals surface area contributed by atoms with E-state index in [1.54, 1.807) is 0 Å². The Bertz CT molecular complexity index is 952. The second kappa shape index (κ2) is 9.05. The van der Waals surface area contributed by atoms with E-state index in [-0.39, 0.29) is 6.10 Å². The number of hydrogen-bond donors (Lipinski definition) is 0. The van der Waals surface area contributed by atoms with Crippen molar-refractivity contribution < 1.29 is 9.47 Å². The molecular weight excluding hydrogens is 406 g/mol. The predicted molar refractivity (Wildman–Crippen MR) is 124 cm³/mol. The summed E-state index contributed by atoms with van der Waals surface area (Å²) in [6, 6.07) is 4.40. The molecule has 2 fully saturated rings. The summed E-state index contributed by atoms with van der Waals surface area (Å²) in [5, 5.41) is 10.3. The van der Waals surface area contributed by atoms with Crippen molar-refractivity contribution in [3.8, 4) is 11.8 Å². The number of pyridine rings is 1. The van der Waals surface area contributed by atoms with Crippen LogP contribution < -0.4 is 4.74 Å². The van der Waals surface area contributed by atoms with Gasteiger partial charge in [0.2, 0.25) is 0 Å². The Morgan fingerprint density at radius 1 is 1.29 bits per heavy atom. The standard InChI is InChI=1S/C25H33N3O2S/c1-2-25(28-14-16-29-17-15-28)10-7-19(8-11-25)30-20-9-13-27-24-23(20)22-18(4-3-12-26)5-6-21(22)31-24/h9,13,18-19H,2-8,10-11,14-17H2,1H3/t18-,19?,25?/m0/s1. The Hall–Kier alpha value is -1.68. The van der Waals surface area contributed by atoms with Crippen LogP contribution in [0.3, 0.4) is 0 Å². The lowest BCUT2D eigenvalue weighted by molar-refractivity contribution is -0.0510. The zero-order valence-corrected chi connectivity index (χ0v) is 19.4. The number of nitrogens with zero attached hydrogens (tertiary/aromatic N) is 3. The smallest absolute Gasteiger partial charge is 0.131 e. The molecule has 0 N–H and O–H groups in total. The first-order valence-corrected chi connectivity index (χ1v) is 12.8. The topological polar surface area (TPSA) is 58.4 Å². The number of nitriles is 1. The Morgan fingerprint density at radius 3 is 2.84 bits per heavy atom. The highest BCUT2D eigenvalue weighted by atomic mass is 32.1. The van der Waals surface area contributed by atoms with Gasteiger partial charge < -0.3 is 9.47 Å². The Morgan fingerprint density at radius 2 is 2.10 bits per heavy atom. The second-order valence-electron chi connectivity index (χ2n) is 9.36. The van der Waals surface area contributed by atoms with Crippen LogP contribution in [0.5, 0.6) is 5.75 Å². The predicted octanol–water partition coefficient (Wildman–Crippen LogP) is 5.43. The number of aryl methyl sites for hydroxylation is 1. The molecular formula is C25H33N3O2S. The normalized spacial score (nSPS) is 29.0. The van der Waals surface area contributed by atoms with Crippen LogP contribution in [-0.4, -0.2) is 47.8 Å². The van der Waals surface area contributed by atoms with Crippen LogP contribution in [-0.2, 0) is 11.2 Å². The van der Waals surface area contributed by atoms with Crippen molar-refractivity contribution in [2.75, 3.05) is 26.3 Å². The minimum Gasteiger partial charge on any atom is -0.490 e. The molecule has 0 bridgehead atoms. The Labute approximate surface area is 189 Å². The van der Waals surface area contributed by atoms with Gasteiger partial charge in [-0.3, -0.25) is 4.90 Å². The van der Waals surface area contributed by atoms with Crippen molar-refractivity contribution in [2.24, 2.45) is 0 Å². The number of morpholine rings is 1. The van der Waals surface area contributed by atoms with E-state index in [4.69, 9.17) is 14.7 Å². The first kappa shape index (κ1) is 21.2. The van der Waals surface area contributed by atoms with Gasteiger partial charge in [0.1, 0.15) is 10.6 Å². The number of rotatable bonds is 6. The molecule has 166 valence electrons. The van der Waals surface area contributed by atoms with Gasteiger partial charge in [-0.05, 0) is 68.9 Å². The van der Waals surface area contributed by atoms with E-state index in [1.807, 2.05) is 17.5 Å². The zero-order valence-electron chi connectivity index (χ0n) is 18.6. The lowest BCUT2D eigenvalue weighted by Crippen LogP contribution is -2.55. The average Bonchev–Trinajstić information content (AvgIpc) is 3.38. The molecule has 1 saturated carbocycles. The summed E-state index contributed by atoms with van der Waals surface area (Å²) in [5.41, 5.74) is 1.76. The molecule has 0 unspecified atom stereocenters. The van der Waals surface area contributed by atoms with Crippen LogP contribution in [0.4, 0.5) is 0 Å². The van der Waals surface area contributed by atoms with E-state index < -0.39 is 0 Å². The fraction of sp³-hybridized carbons (Fsp3) is 0.680. The summed E-state index contributed by atoms with van der Waals surface area (Å²) in [4.78, 5) is 9.92. The molecule has 0 spiro atoms. The van der Waals surface area contributed by atoms with E-state index in [0.717, 1.165) is 69.0 Å². The Kier molecular flexibility index (Phi) is 6.19. The molecule has 0 radical (unpaired) electrons. The summed E-state index contributed by atoms with van der Waals surface area (Å²) in [7, 11) is 0. The van der Waals surface area contributed by atoms with Crippen molar-refractivity contribution in [2.45, 2.75) is 82.3 Å². The number of thiophene rings is 1. The minimum atomic E-state index is 0.279. The van der Waals surface area contributed by atoms with Gasteiger partial charge in [-0.15, -0.1) is 11.3 Å². The summed E-state index contributed by atoms with van der Waals surface area (Å²) >= 11 is 1.83. The van der Waals surface area contributed by atoms with Crippen molar-refractivity contribution >= 4 is 21.6 Å². The molecule has 0 amide bonds. The van der Waals surface area contributed by atoms with Crippen LogP contribution in [0.2, 0.25) is 0 Å². The highest BCUT2D eigenvalue weighted by Gasteiger charge is 2.40. The van der Waals surface area contributed by atoms with Gasteiger partial charge in [-0.2, -0.15) is 5.26 Å². The zero-order chi connectivity index (χ0) is 21.3. The third kappa shape index (κ3) is 3.97. The highest BCUT2D eigenvalue weighted by Crippen LogP contribution is 2.48. The SMILES string of the molecule is CCC1(N2CCOCC2)CCC(Oc2ccnc3sc4c(c23)[C@@H](CCC#N)CC4)CC1. The van der Waals surface area contributed by atoms with E-state index in [1.165, 1.54) is 35.1 Å². The molecule has 5 nitrogen and oxygen atoms in total. The van der Waals surface area contributed by atoms with Gasteiger partial charge in [0.25, 0.3) is 0 Å². The Balaban J connectivity index is 1.33. The maximum atomic E-state index is 9.07. The molecule has 3 heterocycles. The number of fused-ring (bicyclic) bond motifs is 3. The fourth-order valence-electron chi connectivity index (χ4n) is 6.11. The molecule has 1 atom stereocenters. The molecule has 5 rings (SSSR count). The molecule has 6 heteroatoms. The molecule has 2 aromatic rings. The number of ether oxygens (including phenoxy) is 2. The molecule has 1 saturated heterocycles. The molecule has 0 aromatic carbocycles. The van der Waals surface area contributed by atoms with Gasteiger partial charge in [0.05, 0.1) is 30.8 Å². The summed E-state index contributed by atoms with van der Waals surface area (Å²) < 4.78 is 12.3. The van der Waals surface area contributed by atoms with Gasteiger partial charge in [-0.1, -0.05) is 6.92 Å². The molecule has 3 aliphatic rings. The molecule has 2 aromatic heterocycles. The van der Waals surface area contributed by atoms with E-state index in [2.05, 4.69) is 28.9 Å². The maximum Gasteiger partial charge on any atom is 0.131 e. The highest BCUT2D eigenvalue weighted by molar-refractivity contribution is 7.19. The quantitative estimate of drug-likeness (QED) is 0.600. The summed E-state index contributed by atoms with van der Waals surface area (Å²) in [5.74, 6) is 1.50. The van der Waals surface area contributed by atoms with Crippen LogP contribution >= 0.6 is 11.3 Å². The lowest BCUT2D eigenvalue weighted by atomic mass is 9.77. The van der Waals surface area contributed by atoms with Crippen LogP contribution in [0.25, 0.3) is 10.2 Å². The van der Waals surface area contributed by atoms with Gasteiger partial charge >= 0.3 is 0 Å². The summed E-state index contributed by atoms with van der Waals surface area (Å²) in [6.07, 6.45) is 11.9. The van der Waals surface area contributed by atoms with Crippen LogP contribution in [0.15, 0.2) is 12.3 Å². The van der Waals surface area contributed by atoms with Gasteiger partial charge in [0.15, 0.2) is 0 Å². The first-order valence-electron chi connectivity index (χ1n) is 12.0. The fourth-order valence-corrected chi connectivity index (χ4v) is 7.37. The van der Waals surface area contributed by atoms with E-state index >= 15 is 0 Å². The monoisotopic (exact) mass is 439 g/mol.